The lowest BCUT2D eigenvalue weighted by Gasteiger charge is -2.13. The predicted molar refractivity (Wildman–Crippen MR) is 51.3 cm³/mol. The molecule has 0 saturated heterocycles. The molecule has 4 N–H and O–H groups in total. The number of aliphatic carboxylic acids is 2. The minimum atomic E-state index is -1.18. The van der Waals surface area contributed by atoms with Gasteiger partial charge in [-0.3, -0.25) is 9.59 Å². The summed E-state index contributed by atoms with van der Waals surface area (Å²) in [5.74, 6) is -2.56. The first-order valence-corrected chi connectivity index (χ1v) is 4.79. The summed E-state index contributed by atoms with van der Waals surface area (Å²) < 4.78 is 0. The lowest BCUT2D eigenvalue weighted by molar-refractivity contribution is -0.143. The summed E-state index contributed by atoms with van der Waals surface area (Å²) in [5, 5.41) is 17.2. The summed E-state index contributed by atoms with van der Waals surface area (Å²) in [6.07, 6.45) is 0.853. The third-order valence-corrected chi connectivity index (χ3v) is 2.16. The number of halogens is 1. The second-order valence-electron chi connectivity index (χ2n) is 3.05. The number of hydrogen-bond acceptors (Lipinski definition) is 3. The maximum absolute atomic E-state index is 10.7. The lowest BCUT2D eigenvalue weighted by atomic mass is 9.96. The number of rotatable bonds is 7. The van der Waals surface area contributed by atoms with Gasteiger partial charge in [-0.2, -0.15) is 0 Å². The van der Waals surface area contributed by atoms with Crippen molar-refractivity contribution in [3.05, 3.63) is 0 Å². The molecule has 0 heterocycles. The van der Waals surface area contributed by atoms with Gasteiger partial charge in [-0.05, 0) is 19.3 Å². The van der Waals surface area contributed by atoms with Crippen LogP contribution in [-0.2, 0) is 9.59 Å². The summed E-state index contributed by atoms with van der Waals surface area (Å²) in [6, 6.07) is -1.12. The normalized spacial score (nSPS) is 14.7. The minimum Gasteiger partial charge on any atom is -0.481 e. The molecule has 0 aliphatic rings. The highest BCUT2D eigenvalue weighted by Gasteiger charge is 2.23. The maximum atomic E-state index is 10.7. The van der Waals surface area contributed by atoms with Crippen LogP contribution < -0.4 is 5.73 Å². The summed E-state index contributed by atoms with van der Waals surface area (Å²) in [6.45, 7) is 0. The van der Waals surface area contributed by atoms with Gasteiger partial charge in [0.05, 0.1) is 5.92 Å². The van der Waals surface area contributed by atoms with E-state index in [-0.39, 0.29) is 6.42 Å². The number of carboxylic acids is 2. The number of carbonyl (C=O) groups is 2. The van der Waals surface area contributed by atoms with Crippen molar-refractivity contribution in [3.63, 3.8) is 0 Å². The van der Waals surface area contributed by atoms with E-state index in [1.807, 2.05) is 0 Å². The van der Waals surface area contributed by atoms with Crippen molar-refractivity contribution < 1.29 is 19.8 Å². The molecule has 1 unspecified atom stereocenters. The Bertz CT molecular complexity index is 210. The van der Waals surface area contributed by atoms with Crippen LogP contribution in [0.25, 0.3) is 0 Å². The molecule has 0 amide bonds. The van der Waals surface area contributed by atoms with Gasteiger partial charge in [0.1, 0.15) is 6.04 Å². The molecule has 0 bridgehead atoms. The fourth-order valence-corrected chi connectivity index (χ4v) is 1.23. The highest BCUT2D eigenvalue weighted by Crippen LogP contribution is 2.14. The molecule has 6 heteroatoms. The molecule has 82 valence electrons. The fourth-order valence-electron chi connectivity index (χ4n) is 1.07. The van der Waals surface area contributed by atoms with E-state index in [1.54, 1.807) is 0 Å². The van der Waals surface area contributed by atoms with E-state index in [4.69, 9.17) is 27.5 Å². The molecule has 0 aliphatic carbocycles. The second-order valence-corrected chi connectivity index (χ2v) is 3.42. The Labute approximate surface area is 86.8 Å². The summed E-state index contributed by atoms with van der Waals surface area (Å²) in [4.78, 5) is 21.1. The third-order valence-electron chi connectivity index (χ3n) is 1.89. The van der Waals surface area contributed by atoms with Crippen LogP contribution in [0.4, 0.5) is 0 Å². The Kier molecular flexibility index (Phi) is 6.23. The van der Waals surface area contributed by atoms with Crippen LogP contribution in [0.3, 0.4) is 0 Å². The van der Waals surface area contributed by atoms with Crippen LogP contribution in [0.1, 0.15) is 19.3 Å². The van der Waals surface area contributed by atoms with Crippen LogP contribution in [0, 0.1) is 5.92 Å². The van der Waals surface area contributed by atoms with Gasteiger partial charge in [0.2, 0.25) is 0 Å². The van der Waals surface area contributed by atoms with Crippen LogP contribution in [0.5, 0.6) is 0 Å². The van der Waals surface area contributed by atoms with E-state index in [0.29, 0.717) is 18.7 Å². The van der Waals surface area contributed by atoms with E-state index in [1.165, 1.54) is 0 Å². The molecule has 0 aromatic rings. The fraction of sp³-hybridized carbons (Fsp3) is 0.750. The molecule has 14 heavy (non-hydrogen) atoms. The first-order valence-electron chi connectivity index (χ1n) is 4.26. The average molecular weight is 224 g/mol. The number of alkyl halides is 1. The van der Waals surface area contributed by atoms with Crippen molar-refractivity contribution in [1.29, 1.82) is 0 Å². The molecule has 0 aromatic carbocycles. The zero-order chi connectivity index (χ0) is 11.1. The van der Waals surface area contributed by atoms with Crippen molar-refractivity contribution in [2.45, 2.75) is 25.3 Å². The Balaban J connectivity index is 4.08. The van der Waals surface area contributed by atoms with Gasteiger partial charge in [-0.25, -0.2) is 0 Å². The number of carboxylic acid groups (broad SMARTS) is 2. The second kappa shape index (κ2) is 6.62. The van der Waals surface area contributed by atoms with Crippen molar-refractivity contribution in [1.82, 2.24) is 0 Å². The zero-order valence-electron chi connectivity index (χ0n) is 7.65. The summed E-state index contributed by atoms with van der Waals surface area (Å²) in [7, 11) is 0. The minimum absolute atomic E-state index is 0.0540. The zero-order valence-corrected chi connectivity index (χ0v) is 8.41. The predicted octanol–water partition coefficient (Wildman–Crippen LogP) is 0.508. The average Bonchev–Trinajstić information content (AvgIpc) is 2.10. The molecule has 0 spiro atoms. The SMILES string of the molecule is N[C@H](CC(CCCCl)C(=O)O)C(=O)O. The van der Waals surface area contributed by atoms with Crippen molar-refractivity contribution in [2.24, 2.45) is 11.7 Å². The number of nitrogens with two attached hydrogens (primary N) is 1. The molecule has 0 aliphatic heterocycles. The Hall–Kier alpha value is -0.810. The van der Waals surface area contributed by atoms with Gasteiger partial charge in [0, 0.05) is 5.88 Å². The van der Waals surface area contributed by atoms with Gasteiger partial charge in [0.15, 0.2) is 0 Å². The monoisotopic (exact) mass is 223 g/mol. The van der Waals surface area contributed by atoms with E-state index in [9.17, 15) is 9.59 Å². The Morgan fingerprint density at radius 2 is 1.86 bits per heavy atom. The van der Waals surface area contributed by atoms with Crippen LogP contribution in [-0.4, -0.2) is 34.1 Å². The molecule has 0 radical (unpaired) electrons. The first kappa shape index (κ1) is 13.2. The van der Waals surface area contributed by atoms with E-state index >= 15 is 0 Å². The van der Waals surface area contributed by atoms with E-state index in [0.717, 1.165) is 0 Å². The first-order chi connectivity index (χ1) is 6.49. The highest BCUT2D eigenvalue weighted by molar-refractivity contribution is 6.17. The standard InChI is InChI=1S/C8H14ClNO4/c9-3-1-2-5(7(11)12)4-6(10)8(13)14/h5-6H,1-4,10H2,(H,11,12)(H,13,14)/t5?,6-/m1/s1. The lowest BCUT2D eigenvalue weighted by Crippen LogP contribution is -2.34. The largest absolute Gasteiger partial charge is 0.481 e. The van der Waals surface area contributed by atoms with E-state index < -0.39 is 23.9 Å². The topological polar surface area (TPSA) is 101 Å². The number of hydrogen-bond donors (Lipinski definition) is 3. The molecule has 5 nitrogen and oxygen atoms in total. The molecule has 2 atom stereocenters. The Morgan fingerprint density at radius 3 is 2.21 bits per heavy atom. The quantitative estimate of drug-likeness (QED) is 0.546. The molecule has 0 saturated carbocycles. The Morgan fingerprint density at radius 1 is 1.29 bits per heavy atom. The van der Waals surface area contributed by atoms with Gasteiger partial charge in [-0.15, -0.1) is 11.6 Å². The van der Waals surface area contributed by atoms with Crippen LogP contribution in [0.2, 0.25) is 0 Å². The maximum Gasteiger partial charge on any atom is 0.320 e. The summed E-state index contributed by atoms with van der Waals surface area (Å²) >= 11 is 5.41. The van der Waals surface area contributed by atoms with E-state index in [2.05, 4.69) is 0 Å². The van der Waals surface area contributed by atoms with Gasteiger partial charge >= 0.3 is 11.9 Å². The molecule has 0 aromatic heterocycles. The van der Waals surface area contributed by atoms with Crippen LogP contribution in [0.15, 0.2) is 0 Å². The highest BCUT2D eigenvalue weighted by atomic mass is 35.5. The van der Waals surface area contributed by atoms with Crippen molar-refractivity contribution in [3.8, 4) is 0 Å². The van der Waals surface area contributed by atoms with Gasteiger partial charge in [-0.1, -0.05) is 0 Å². The molecule has 0 rings (SSSR count). The third kappa shape index (κ3) is 5.04. The van der Waals surface area contributed by atoms with Crippen molar-refractivity contribution in [2.75, 3.05) is 5.88 Å². The van der Waals surface area contributed by atoms with Gasteiger partial charge in [0.25, 0.3) is 0 Å². The van der Waals surface area contributed by atoms with Gasteiger partial charge < -0.3 is 15.9 Å². The molecular weight excluding hydrogens is 210 g/mol. The van der Waals surface area contributed by atoms with Crippen LogP contribution >= 0.6 is 11.6 Å². The summed E-state index contributed by atoms with van der Waals surface area (Å²) in [5.41, 5.74) is 5.23. The molecular formula is C8H14ClNO4. The molecule has 0 fully saturated rings. The smallest absolute Gasteiger partial charge is 0.320 e. The van der Waals surface area contributed by atoms with Crippen molar-refractivity contribution >= 4 is 23.5 Å².